The van der Waals surface area contributed by atoms with E-state index < -0.39 is 0 Å². The Morgan fingerprint density at radius 2 is 2.25 bits per heavy atom. The fourth-order valence-corrected chi connectivity index (χ4v) is 4.99. The summed E-state index contributed by atoms with van der Waals surface area (Å²) in [5, 5.41) is 10.7. The molecule has 0 spiro atoms. The van der Waals surface area contributed by atoms with Gasteiger partial charge >= 0.3 is 0 Å². The summed E-state index contributed by atoms with van der Waals surface area (Å²) in [5.41, 5.74) is 2.95. The number of nitrogens with one attached hydrogen (secondary N) is 1. The van der Waals surface area contributed by atoms with Gasteiger partial charge in [0, 0.05) is 54.8 Å². The molecule has 4 heterocycles. The SMILES string of the molecule is Cc1ccc(C(C)CCN2CCc3c(c(C(=O)NCc4nccs4)nn3CC3CC3)C2)o1. The molecular formula is C24H31N5O2S. The summed E-state index contributed by atoms with van der Waals surface area (Å²) < 4.78 is 7.93. The third-order valence-corrected chi connectivity index (χ3v) is 7.34. The van der Waals surface area contributed by atoms with E-state index in [1.165, 1.54) is 18.5 Å². The van der Waals surface area contributed by atoms with Crippen LogP contribution in [0, 0.1) is 12.8 Å². The Hall–Kier alpha value is -2.45. The number of amides is 1. The number of aryl methyl sites for hydroxylation is 1. The molecular weight excluding hydrogens is 422 g/mol. The molecule has 0 aromatic carbocycles. The van der Waals surface area contributed by atoms with Gasteiger partial charge < -0.3 is 9.73 Å². The number of hydrogen-bond acceptors (Lipinski definition) is 6. The van der Waals surface area contributed by atoms with Crippen LogP contribution in [0.3, 0.4) is 0 Å². The number of fused-ring (bicyclic) bond motifs is 1. The fraction of sp³-hybridized carbons (Fsp3) is 0.542. The van der Waals surface area contributed by atoms with Crippen molar-refractivity contribution in [3.63, 3.8) is 0 Å². The van der Waals surface area contributed by atoms with Crippen LogP contribution < -0.4 is 5.32 Å². The average molecular weight is 454 g/mol. The molecule has 1 amide bonds. The molecule has 1 aliphatic heterocycles. The molecule has 170 valence electrons. The molecule has 2 aliphatic rings. The maximum atomic E-state index is 13.0. The Morgan fingerprint density at radius 3 is 2.97 bits per heavy atom. The maximum Gasteiger partial charge on any atom is 0.272 e. The first-order chi connectivity index (χ1) is 15.6. The predicted molar refractivity (Wildman–Crippen MR) is 124 cm³/mol. The standard InChI is InChI=1S/C24H31N5O2S/c1-16(21-6-3-17(2)31-21)7-10-28-11-8-20-19(15-28)23(27-29(20)14-18-4-5-18)24(30)26-13-22-25-9-12-32-22/h3,6,9,12,16,18H,4-5,7-8,10-11,13-15H2,1-2H3,(H,26,30). The highest BCUT2D eigenvalue weighted by atomic mass is 32.1. The summed E-state index contributed by atoms with van der Waals surface area (Å²) in [5.74, 6) is 3.03. The minimum Gasteiger partial charge on any atom is -0.466 e. The second-order valence-corrected chi connectivity index (χ2v) is 10.2. The molecule has 3 aromatic rings. The zero-order chi connectivity index (χ0) is 22.1. The third kappa shape index (κ3) is 4.81. The van der Waals surface area contributed by atoms with Crippen molar-refractivity contribution in [2.24, 2.45) is 5.92 Å². The Kier molecular flexibility index (Phi) is 6.15. The van der Waals surface area contributed by atoms with Gasteiger partial charge in [-0.15, -0.1) is 11.3 Å². The lowest BCUT2D eigenvalue weighted by Gasteiger charge is -2.28. The normalized spacial score (nSPS) is 17.3. The molecule has 3 aromatic heterocycles. The lowest BCUT2D eigenvalue weighted by atomic mass is 10.0. The zero-order valence-electron chi connectivity index (χ0n) is 18.8. The predicted octanol–water partition coefficient (Wildman–Crippen LogP) is 4.13. The van der Waals surface area contributed by atoms with Crippen molar-refractivity contribution in [1.29, 1.82) is 0 Å². The van der Waals surface area contributed by atoms with Crippen LogP contribution in [-0.2, 0) is 26.1 Å². The van der Waals surface area contributed by atoms with Gasteiger partial charge in [-0.25, -0.2) is 4.98 Å². The van der Waals surface area contributed by atoms with Crippen LogP contribution in [-0.4, -0.2) is 38.7 Å². The molecule has 1 saturated carbocycles. The Morgan fingerprint density at radius 1 is 1.38 bits per heavy atom. The summed E-state index contributed by atoms with van der Waals surface area (Å²) in [6.45, 7) is 8.37. The number of rotatable bonds is 9. The van der Waals surface area contributed by atoms with Gasteiger partial charge in [0.1, 0.15) is 16.5 Å². The van der Waals surface area contributed by atoms with Crippen molar-refractivity contribution < 1.29 is 9.21 Å². The van der Waals surface area contributed by atoms with E-state index in [1.54, 1.807) is 17.5 Å². The van der Waals surface area contributed by atoms with Gasteiger partial charge in [-0.05, 0) is 50.8 Å². The van der Waals surface area contributed by atoms with Gasteiger partial charge in [0.2, 0.25) is 0 Å². The number of aromatic nitrogens is 3. The third-order valence-electron chi connectivity index (χ3n) is 6.56. The van der Waals surface area contributed by atoms with E-state index in [2.05, 4.69) is 32.9 Å². The minimum atomic E-state index is -0.0905. The molecule has 1 N–H and O–H groups in total. The summed E-state index contributed by atoms with van der Waals surface area (Å²) in [6.07, 6.45) is 6.29. The summed E-state index contributed by atoms with van der Waals surface area (Å²) in [7, 11) is 0. The van der Waals surface area contributed by atoms with E-state index in [0.717, 1.165) is 67.0 Å². The quantitative estimate of drug-likeness (QED) is 0.527. The molecule has 1 unspecified atom stereocenters. The van der Waals surface area contributed by atoms with Crippen LogP contribution in [0.5, 0.6) is 0 Å². The van der Waals surface area contributed by atoms with E-state index in [-0.39, 0.29) is 5.91 Å². The Labute approximate surface area is 192 Å². The van der Waals surface area contributed by atoms with Gasteiger partial charge in [-0.1, -0.05) is 6.92 Å². The lowest BCUT2D eigenvalue weighted by molar-refractivity contribution is 0.0942. The van der Waals surface area contributed by atoms with Crippen molar-refractivity contribution in [3.8, 4) is 0 Å². The number of thiazole rings is 1. The molecule has 1 aliphatic carbocycles. The number of carbonyl (C=O) groups is 1. The Balaban J connectivity index is 1.28. The van der Waals surface area contributed by atoms with Crippen molar-refractivity contribution in [1.82, 2.24) is 25.0 Å². The highest BCUT2D eigenvalue weighted by Gasteiger charge is 2.31. The molecule has 0 radical (unpaired) electrons. The Bertz CT molecular complexity index is 1070. The zero-order valence-corrected chi connectivity index (χ0v) is 19.7. The van der Waals surface area contributed by atoms with E-state index in [1.807, 2.05) is 18.4 Å². The molecule has 0 saturated heterocycles. The molecule has 0 bridgehead atoms. The number of furan rings is 1. The first kappa shape index (κ1) is 21.4. The molecule has 5 rings (SSSR count). The van der Waals surface area contributed by atoms with Crippen molar-refractivity contribution >= 4 is 17.2 Å². The van der Waals surface area contributed by atoms with Crippen molar-refractivity contribution in [3.05, 3.63) is 57.2 Å². The van der Waals surface area contributed by atoms with E-state index in [0.29, 0.717) is 18.2 Å². The highest BCUT2D eigenvalue weighted by molar-refractivity contribution is 7.09. The maximum absolute atomic E-state index is 13.0. The number of nitrogens with zero attached hydrogens (tertiary/aromatic N) is 4. The highest BCUT2D eigenvalue weighted by Crippen LogP contribution is 2.33. The van der Waals surface area contributed by atoms with Crippen molar-refractivity contribution in [2.45, 2.75) is 65.1 Å². The summed E-state index contributed by atoms with van der Waals surface area (Å²) in [4.78, 5) is 19.8. The van der Waals surface area contributed by atoms with E-state index in [4.69, 9.17) is 9.52 Å². The van der Waals surface area contributed by atoms with Crippen LogP contribution >= 0.6 is 11.3 Å². The van der Waals surface area contributed by atoms with Crippen LogP contribution in [0.4, 0.5) is 0 Å². The molecule has 7 nitrogen and oxygen atoms in total. The summed E-state index contributed by atoms with van der Waals surface area (Å²) in [6, 6.07) is 4.12. The van der Waals surface area contributed by atoms with Crippen LogP contribution in [0.2, 0.25) is 0 Å². The summed E-state index contributed by atoms with van der Waals surface area (Å²) >= 11 is 1.55. The molecule has 8 heteroatoms. The first-order valence-corrected chi connectivity index (χ1v) is 12.5. The fourth-order valence-electron chi connectivity index (χ4n) is 4.43. The van der Waals surface area contributed by atoms with Gasteiger partial charge in [0.05, 0.1) is 6.54 Å². The lowest BCUT2D eigenvalue weighted by Crippen LogP contribution is -2.34. The monoisotopic (exact) mass is 453 g/mol. The van der Waals surface area contributed by atoms with E-state index >= 15 is 0 Å². The second kappa shape index (κ2) is 9.19. The average Bonchev–Trinajstić information content (AvgIpc) is 3.17. The molecule has 1 atom stereocenters. The number of hydrogen-bond donors (Lipinski definition) is 1. The van der Waals surface area contributed by atoms with Gasteiger partial charge in [-0.2, -0.15) is 5.10 Å². The van der Waals surface area contributed by atoms with Crippen molar-refractivity contribution in [2.75, 3.05) is 13.1 Å². The van der Waals surface area contributed by atoms with E-state index in [9.17, 15) is 4.79 Å². The first-order valence-electron chi connectivity index (χ1n) is 11.6. The van der Waals surface area contributed by atoms with Gasteiger partial charge in [-0.3, -0.25) is 14.4 Å². The largest absolute Gasteiger partial charge is 0.466 e. The van der Waals surface area contributed by atoms with Crippen LogP contribution in [0.1, 0.15) is 70.4 Å². The topological polar surface area (TPSA) is 76.2 Å². The minimum absolute atomic E-state index is 0.0905. The van der Waals surface area contributed by atoms with Gasteiger partial charge in [0.15, 0.2) is 5.69 Å². The van der Waals surface area contributed by atoms with Crippen LogP contribution in [0.25, 0.3) is 0 Å². The second-order valence-electron chi connectivity index (χ2n) is 9.17. The van der Waals surface area contributed by atoms with Gasteiger partial charge in [0.25, 0.3) is 5.91 Å². The smallest absolute Gasteiger partial charge is 0.272 e. The number of carbonyl (C=O) groups excluding carboxylic acids is 1. The van der Waals surface area contributed by atoms with Crippen LogP contribution in [0.15, 0.2) is 28.1 Å². The molecule has 32 heavy (non-hydrogen) atoms. The molecule has 1 fully saturated rings.